The first-order valence-electron chi connectivity index (χ1n) is 6.02. The summed E-state index contributed by atoms with van der Waals surface area (Å²) in [5.41, 5.74) is 0.573. The third-order valence-electron chi connectivity index (χ3n) is 4.04. The Morgan fingerprint density at radius 3 is 2.23 bits per heavy atom. The van der Waals surface area contributed by atoms with Crippen molar-refractivity contribution >= 4 is 0 Å². The lowest BCUT2D eigenvalue weighted by atomic mass is 9.72. The van der Waals surface area contributed by atoms with Crippen LogP contribution in [-0.2, 0) is 0 Å². The molecule has 1 rings (SSSR count). The van der Waals surface area contributed by atoms with Crippen LogP contribution in [0.25, 0.3) is 0 Å². The van der Waals surface area contributed by atoms with E-state index in [4.69, 9.17) is 0 Å². The molecule has 0 aliphatic heterocycles. The Labute approximate surface area is 84.1 Å². The Hall–Kier alpha value is 0. The molecular weight excluding hydrogens is 156 g/mol. The summed E-state index contributed by atoms with van der Waals surface area (Å²) < 4.78 is 0. The van der Waals surface area contributed by atoms with Crippen LogP contribution >= 0.6 is 0 Å². The molecule has 2 atom stereocenters. The third-order valence-corrected chi connectivity index (χ3v) is 4.04. The maximum absolute atomic E-state index is 2.46. The molecule has 0 aromatic rings. The van der Waals surface area contributed by atoms with Gasteiger partial charge >= 0.3 is 0 Å². The minimum absolute atomic E-state index is 0.573. The molecule has 0 amide bonds. The van der Waals surface area contributed by atoms with Gasteiger partial charge in [-0.3, -0.25) is 0 Å². The van der Waals surface area contributed by atoms with Gasteiger partial charge in [-0.1, -0.05) is 59.8 Å². The molecule has 2 unspecified atom stereocenters. The molecule has 0 saturated heterocycles. The second-order valence-electron chi connectivity index (χ2n) is 5.84. The highest BCUT2D eigenvalue weighted by atomic mass is 14.3. The first-order valence-corrected chi connectivity index (χ1v) is 6.02. The van der Waals surface area contributed by atoms with Crippen LogP contribution in [0, 0.1) is 17.3 Å². The summed E-state index contributed by atoms with van der Waals surface area (Å²) in [6.45, 7) is 9.79. The molecule has 78 valence electrons. The van der Waals surface area contributed by atoms with Crippen LogP contribution in [0.5, 0.6) is 0 Å². The van der Waals surface area contributed by atoms with Gasteiger partial charge in [0.1, 0.15) is 0 Å². The van der Waals surface area contributed by atoms with Crippen LogP contribution < -0.4 is 0 Å². The van der Waals surface area contributed by atoms with Gasteiger partial charge in [0.2, 0.25) is 0 Å². The highest BCUT2D eigenvalue weighted by molar-refractivity contribution is 4.78. The molecule has 1 saturated carbocycles. The van der Waals surface area contributed by atoms with E-state index in [0.717, 1.165) is 11.8 Å². The summed E-state index contributed by atoms with van der Waals surface area (Å²) in [6.07, 6.45) is 8.70. The molecule has 1 aliphatic rings. The van der Waals surface area contributed by atoms with Gasteiger partial charge in [-0.15, -0.1) is 0 Å². The molecule has 0 spiro atoms. The standard InChI is InChI=1S/C13H26/c1-11-8-6-5-7-9-12(2)13(3,4)10-11/h11-12H,5-10H2,1-4H3. The Kier molecular flexibility index (Phi) is 3.82. The summed E-state index contributed by atoms with van der Waals surface area (Å²) in [5, 5.41) is 0. The van der Waals surface area contributed by atoms with Crippen molar-refractivity contribution in [3.8, 4) is 0 Å². The Morgan fingerprint density at radius 1 is 0.923 bits per heavy atom. The Bertz CT molecular complexity index is 146. The van der Waals surface area contributed by atoms with E-state index in [-0.39, 0.29) is 0 Å². The first kappa shape index (κ1) is 11.1. The highest BCUT2D eigenvalue weighted by Crippen LogP contribution is 2.39. The van der Waals surface area contributed by atoms with Crippen LogP contribution in [-0.4, -0.2) is 0 Å². The molecule has 0 N–H and O–H groups in total. The van der Waals surface area contributed by atoms with Gasteiger partial charge in [0.05, 0.1) is 0 Å². The van der Waals surface area contributed by atoms with Crippen LogP contribution in [0.1, 0.15) is 66.2 Å². The molecule has 0 heterocycles. The summed E-state index contributed by atoms with van der Waals surface area (Å²) in [7, 11) is 0. The number of hydrogen-bond donors (Lipinski definition) is 0. The summed E-state index contributed by atoms with van der Waals surface area (Å²) in [6, 6.07) is 0. The highest BCUT2D eigenvalue weighted by Gasteiger charge is 2.28. The van der Waals surface area contributed by atoms with Crippen molar-refractivity contribution in [1.29, 1.82) is 0 Å². The van der Waals surface area contributed by atoms with Crippen molar-refractivity contribution < 1.29 is 0 Å². The van der Waals surface area contributed by atoms with Gasteiger partial charge in [0.15, 0.2) is 0 Å². The molecule has 0 radical (unpaired) electrons. The van der Waals surface area contributed by atoms with Crippen molar-refractivity contribution in [2.45, 2.75) is 66.2 Å². The zero-order valence-corrected chi connectivity index (χ0v) is 9.90. The van der Waals surface area contributed by atoms with E-state index in [1.165, 1.54) is 38.5 Å². The predicted octanol–water partition coefficient (Wildman–Crippen LogP) is 4.64. The van der Waals surface area contributed by atoms with E-state index < -0.39 is 0 Å². The number of hydrogen-bond acceptors (Lipinski definition) is 0. The quantitative estimate of drug-likeness (QED) is 0.512. The summed E-state index contributed by atoms with van der Waals surface area (Å²) in [4.78, 5) is 0. The van der Waals surface area contributed by atoms with E-state index in [1.807, 2.05) is 0 Å². The van der Waals surface area contributed by atoms with E-state index in [0.29, 0.717) is 5.41 Å². The van der Waals surface area contributed by atoms with Gasteiger partial charge in [-0.25, -0.2) is 0 Å². The van der Waals surface area contributed by atoms with Crippen molar-refractivity contribution in [2.75, 3.05) is 0 Å². The summed E-state index contributed by atoms with van der Waals surface area (Å²) in [5.74, 6) is 1.85. The van der Waals surface area contributed by atoms with Crippen molar-refractivity contribution in [1.82, 2.24) is 0 Å². The van der Waals surface area contributed by atoms with Gasteiger partial charge in [0, 0.05) is 0 Å². The SMILES string of the molecule is CC1CCCCCC(C)C(C)(C)C1. The van der Waals surface area contributed by atoms with E-state index in [2.05, 4.69) is 27.7 Å². The van der Waals surface area contributed by atoms with E-state index >= 15 is 0 Å². The smallest absolute Gasteiger partial charge is 0.0326 e. The molecule has 0 bridgehead atoms. The Balaban J connectivity index is 2.58. The van der Waals surface area contributed by atoms with Gasteiger partial charge in [-0.2, -0.15) is 0 Å². The third kappa shape index (κ3) is 3.32. The second kappa shape index (κ2) is 4.48. The fourth-order valence-electron chi connectivity index (χ4n) is 2.71. The minimum atomic E-state index is 0.573. The lowest BCUT2D eigenvalue weighted by Gasteiger charge is -2.33. The van der Waals surface area contributed by atoms with Crippen LogP contribution in [0.3, 0.4) is 0 Å². The van der Waals surface area contributed by atoms with E-state index in [9.17, 15) is 0 Å². The number of rotatable bonds is 0. The maximum atomic E-state index is 2.46. The lowest BCUT2D eigenvalue weighted by Crippen LogP contribution is -2.23. The average molecular weight is 182 g/mol. The van der Waals surface area contributed by atoms with Crippen LogP contribution in [0.15, 0.2) is 0 Å². The van der Waals surface area contributed by atoms with Gasteiger partial charge < -0.3 is 0 Å². The molecule has 0 aromatic carbocycles. The fraction of sp³-hybridized carbons (Fsp3) is 1.00. The van der Waals surface area contributed by atoms with Crippen molar-refractivity contribution in [2.24, 2.45) is 17.3 Å². The Morgan fingerprint density at radius 2 is 1.54 bits per heavy atom. The fourth-order valence-corrected chi connectivity index (χ4v) is 2.71. The monoisotopic (exact) mass is 182 g/mol. The molecule has 0 heteroatoms. The van der Waals surface area contributed by atoms with E-state index in [1.54, 1.807) is 0 Å². The van der Waals surface area contributed by atoms with Crippen LogP contribution in [0.2, 0.25) is 0 Å². The largest absolute Gasteiger partial charge is 0.0625 e. The second-order valence-corrected chi connectivity index (χ2v) is 5.84. The first-order chi connectivity index (χ1) is 6.02. The summed E-state index contributed by atoms with van der Waals surface area (Å²) >= 11 is 0. The topological polar surface area (TPSA) is 0 Å². The van der Waals surface area contributed by atoms with Crippen molar-refractivity contribution in [3.05, 3.63) is 0 Å². The van der Waals surface area contributed by atoms with Crippen LogP contribution in [0.4, 0.5) is 0 Å². The zero-order valence-electron chi connectivity index (χ0n) is 9.90. The molecule has 13 heavy (non-hydrogen) atoms. The molecule has 0 nitrogen and oxygen atoms in total. The molecule has 1 fully saturated rings. The maximum Gasteiger partial charge on any atom is -0.0326 e. The minimum Gasteiger partial charge on any atom is -0.0625 e. The molecular formula is C13H26. The predicted molar refractivity (Wildman–Crippen MR) is 59.8 cm³/mol. The average Bonchev–Trinajstić information content (AvgIpc) is 2.05. The van der Waals surface area contributed by atoms with Gasteiger partial charge in [0.25, 0.3) is 0 Å². The van der Waals surface area contributed by atoms with Gasteiger partial charge in [-0.05, 0) is 23.7 Å². The lowest BCUT2D eigenvalue weighted by molar-refractivity contribution is 0.172. The van der Waals surface area contributed by atoms with Crippen molar-refractivity contribution in [3.63, 3.8) is 0 Å². The normalized spacial score (nSPS) is 36.0. The zero-order chi connectivity index (χ0) is 9.90. The molecule has 0 aromatic heterocycles. The molecule has 1 aliphatic carbocycles.